The molecule has 2 aliphatic carbocycles. The number of hydrogen-bond donors (Lipinski definition) is 2. The Bertz CT molecular complexity index is 643. The van der Waals surface area contributed by atoms with Crippen molar-refractivity contribution in [1.29, 1.82) is 0 Å². The second kappa shape index (κ2) is 8.10. The third-order valence-electron chi connectivity index (χ3n) is 7.27. The highest BCUT2D eigenvalue weighted by atomic mass is 35.5. The lowest BCUT2D eigenvalue weighted by Crippen LogP contribution is -2.50. The van der Waals surface area contributed by atoms with Crippen molar-refractivity contribution >= 4 is 17.5 Å². The molecule has 5 heteroatoms. The maximum atomic E-state index is 13.1. The summed E-state index contributed by atoms with van der Waals surface area (Å²) in [6.45, 7) is 1.51. The van der Waals surface area contributed by atoms with Crippen LogP contribution < -0.4 is 5.73 Å². The van der Waals surface area contributed by atoms with Gasteiger partial charge in [-0.1, -0.05) is 30.2 Å². The first kappa shape index (κ1) is 19.2. The Morgan fingerprint density at radius 2 is 1.67 bits per heavy atom. The fourth-order valence-corrected chi connectivity index (χ4v) is 5.74. The first-order valence-corrected chi connectivity index (χ1v) is 10.9. The van der Waals surface area contributed by atoms with Crippen molar-refractivity contribution in [3.8, 4) is 0 Å². The number of carbonyl (C=O) groups excluding carboxylic acids is 1. The minimum Gasteiger partial charge on any atom is -0.388 e. The molecule has 3 atom stereocenters. The summed E-state index contributed by atoms with van der Waals surface area (Å²) in [6.07, 6.45) is 6.84. The summed E-state index contributed by atoms with van der Waals surface area (Å²) in [7, 11) is 0. The molecule has 0 radical (unpaired) electrons. The molecule has 0 spiro atoms. The number of benzene rings is 1. The van der Waals surface area contributed by atoms with Crippen LogP contribution in [0.4, 0.5) is 0 Å². The first-order valence-electron chi connectivity index (χ1n) is 10.5. The number of hydrogen-bond acceptors (Lipinski definition) is 3. The predicted octanol–water partition coefficient (Wildman–Crippen LogP) is 3.77. The standard InChI is InChI=1S/C22H31ClN2O2/c23-19-6-4-14(5-7-19)21(26)15-8-10-25(11-9-15)22(27)18-12-16-2-1-3-17(13-18)20(16)24/h4-7,15-18,20-21,26H,1-3,8-13,24H2. The molecule has 3 N–H and O–H groups in total. The molecule has 1 aromatic rings. The fraction of sp³-hybridized carbons (Fsp3) is 0.682. The minimum absolute atomic E-state index is 0.165. The van der Waals surface area contributed by atoms with Gasteiger partial charge in [-0.2, -0.15) is 0 Å². The van der Waals surface area contributed by atoms with Crippen molar-refractivity contribution in [1.82, 2.24) is 4.90 Å². The van der Waals surface area contributed by atoms with E-state index in [0.717, 1.165) is 44.3 Å². The normalized spacial score (nSPS) is 32.9. The molecule has 3 fully saturated rings. The first-order chi connectivity index (χ1) is 13.0. The van der Waals surface area contributed by atoms with Crippen LogP contribution in [-0.2, 0) is 4.79 Å². The number of carbonyl (C=O) groups is 1. The molecule has 4 nitrogen and oxygen atoms in total. The van der Waals surface area contributed by atoms with Crippen LogP contribution in [0.25, 0.3) is 0 Å². The Morgan fingerprint density at radius 1 is 1.07 bits per heavy atom. The monoisotopic (exact) mass is 390 g/mol. The Balaban J connectivity index is 1.32. The molecule has 3 unspecified atom stereocenters. The highest BCUT2D eigenvalue weighted by Gasteiger charge is 2.42. The molecule has 3 aliphatic rings. The van der Waals surface area contributed by atoms with Crippen LogP contribution in [0.15, 0.2) is 24.3 Å². The lowest BCUT2D eigenvalue weighted by Gasteiger charge is -2.45. The summed E-state index contributed by atoms with van der Waals surface area (Å²) < 4.78 is 0. The molecular formula is C22H31ClN2O2. The Morgan fingerprint density at radius 3 is 2.26 bits per heavy atom. The van der Waals surface area contributed by atoms with Gasteiger partial charge >= 0.3 is 0 Å². The molecule has 1 amide bonds. The number of aliphatic hydroxyl groups excluding tert-OH is 1. The molecular weight excluding hydrogens is 360 g/mol. The number of amides is 1. The van der Waals surface area contributed by atoms with Gasteiger partial charge in [0.15, 0.2) is 0 Å². The summed E-state index contributed by atoms with van der Waals surface area (Å²) >= 11 is 5.94. The van der Waals surface area contributed by atoms with E-state index >= 15 is 0 Å². The van der Waals surface area contributed by atoms with E-state index in [4.69, 9.17) is 17.3 Å². The number of piperidine rings is 1. The van der Waals surface area contributed by atoms with E-state index < -0.39 is 6.10 Å². The molecule has 2 saturated carbocycles. The third kappa shape index (κ3) is 4.03. The Hall–Kier alpha value is -1.10. The Labute approximate surface area is 167 Å². The zero-order valence-electron chi connectivity index (χ0n) is 15.9. The lowest BCUT2D eigenvalue weighted by molar-refractivity contribution is -0.140. The largest absolute Gasteiger partial charge is 0.388 e. The second-order valence-electron chi connectivity index (χ2n) is 8.86. The molecule has 1 aromatic carbocycles. The molecule has 1 saturated heterocycles. The average Bonchev–Trinajstić information content (AvgIpc) is 2.67. The van der Waals surface area contributed by atoms with Crippen LogP contribution in [0, 0.1) is 23.7 Å². The van der Waals surface area contributed by atoms with E-state index in [9.17, 15) is 9.90 Å². The van der Waals surface area contributed by atoms with Crippen molar-refractivity contribution in [2.45, 2.75) is 57.1 Å². The van der Waals surface area contributed by atoms with Gasteiger partial charge in [0, 0.05) is 30.1 Å². The van der Waals surface area contributed by atoms with Crippen molar-refractivity contribution in [2.75, 3.05) is 13.1 Å². The maximum absolute atomic E-state index is 13.1. The summed E-state index contributed by atoms with van der Waals surface area (Å²) in [5.41, 5.74) is 7.30. The van der Waals surface area contributed by atoms with Gasteiger partial charge in [-0.3, -0.25) is 4.79 Å². The molecule has 1 heterocycles. The Kier molecular flexibility index (Phi) is 5.77. The summed E-state index contributed by atoms with van der Waals surface area (Å²) in [5, 5.41) is 11.4. The van der Waals surface area contributed by atoms with Gasteiger partial charge in [-0.05, 0) is 74.0 Å². The van der Waals surface area contributed by atoms with Gasteiger partial charge < -0.3 is 15.7 Å². The van der Waals surface area contributed by atoms with Gasteiger partial charge in [-0.15, -0.1) is 0 Å². The number of aliphatic hydroxyl groups is 1. The van der Waals surface area contributed by atoms with Crippen molar-refractivity contribution in [3.05, 3.63) is 34.9 Å². The van der Waals surface area contributed by atoms with Crippen molar-refractivity contribution in [3.63, 3.8) is 0 Å². The molecule has 4 rings (SSSR count). The highest BCUT2D eigenvalue weighted by molar-refractivity contribution is 6.30. The molecule has 1 aliphatic heterocycles. The van der Waals surface area contributed by atoms with Gasteiger partial charge in [0.2, 0.25) is 5.91 Å². The number of rotatable bonds is 3. The lowest BCUT2D eigenvalue weighted by atomic mass is 9.65. The van der Waals surface area contributed by atoms with E-state index in [-0.39, 0.29) is 11.8 Å². The van der Waals surface area contributed by atoms with Gasteiger partial charge in [0.05, 0.1) is 6.10 Å². The maximum Gasteiger partial charge on any atom is 0.225 e. The zero-order chi connectivity index (χ0) is 19.0. The van der Waals surface area contributed by atoms with Gasteiger partial charge in [-0.25, -0.2) is 0 Å². The van der Waals surface area contributed by atoms with E-state index in [0.29, 0.717) is 28.8 Å². The number of nitrogens with zero attached hydrogens (tertiary/aromatic N) is 1. The summed E-state index contributed by atoms with van der Waals surface area (Å²) in [6, 6.07) is 7.75. The van der Waals surface area contributed by atoms with Gasteiger partial charge in [0.25, 0.3) is 0 Å². The van der Waals surface area contributed by atoms with Crippen LogP contribution in [-0.4, -0.2) is 35.0 Å². The van der Waals surface area contributed by atoms with Crippen LogP contribution in [0.1, 0.15) is 56.6 Å². The average molecular weight is 391 g/mol. The summed E-state index contributed by atoms with van der Waals surface area (Å²) in [5.74, 6) is 1.77. The predicted molar refractivity (Wildman–Crippen MR) is 107 cm³/mol. The number of fused-ring (bicyclic) bond motifs is 2. The quantitative estimate of drug-likeness (QED) is 0.825. The van der Waals surface area contributed by atoms with Crippen LogP contribution >= 0.6 is 11.6 Å². The topological polar surface area (TPSA) is 66.6 Å². The molecule has 2 bridgehead atoms. The fourth-order valence-electron chi connectivity index (χ4n) is 5.62. The van der Waals surface area contributed by atoms with Gasteiger partial charge in [0.1, 0.15) is 0 Å². The van der Waals surface area contributed by atoms with Crippen molar-refractivity contribution < 1.29 is 9.90 Å². The molecule has 0 aromatic heterocycles. The van der Waals surface area contributed by atoms with Crippen molar-refractivity contribution in [2.24, 2.45) is 29.4 Å². The SMILES string of the molecule is NC1C2CCCC1CC(C(=O)N1CCC(C(O)c3ccc(Cl)cc3)CC1)C2. The van der Waals surface area contributed by atoms with E-state index in [1.165, 1.54) is 19.3 Å². The van der Waals surface area contributed by atoms with E-state index in [2.05, 4.69) is 0 Å². The van der Waals surface area contributed by atoms with Crippen LogP contribution in [0.3, 0.4) is 0 Å². The minimum atomic E-state index is -0.480. The number of likely N-dealkylation sites (tertiary alicyclic amines) is 1. The van der Waals surface area contributed by atoms with E-state index in [1.54, 1.807) is 0 Å². The van der Waals surface area contributed by atoms with E-state index in [1.807, 2.05) is 29.2 Å². The summed E-state index contributed by atoms with van der Waals surface area (Å²) in [4.78, 5) is 15.1. The highest BCUT2D eigenvalue weighted by Crippen LogP contribution is 2.43. The molecule has 27 heavy (non-hydrogen) atoms. The number of nitrogens with two attached hydrogens (primary N) is 1. The third-order valence-corrected chi connectivity index (χ3v) is 7.52. The van der Waals surface area contributed by atoms with Crippen LogP contribution in [0.5, 0.6) is 0 Å². The second-order valence-corrected chi connectivity index (χ2v) is 9.29. The number of halogens is 1. The smallest absolute Gasteiger partial charge is 0.225 e. The van der Waals surface area contributed by atoms with Crippen LogP contribution in [0.2, 0.25) is 5.02 Å². The molecule has 148 valence electrons. The zero-order valence-corrected chi connectivity index (χ0v) is 16.7.